The van der Waals surface area contributed by atoms with Crippen molar-refractivity contribution >= 4 is 41.3 Å². The second-order valence-electron chi connectivity index (χ2n) is 5.20. The van der Waals surface area contributed by atoms with Gasteiger partial charge in [0.2, 0.25) is 0 Å². The summed E-state index contributed by atoms with van der Waals surface area (Å²) in [6.07, 6.45) is 0.894. The van der Waals surface area contributed by atoms with Crippen LogP contribution in [0.5, 0.6) is 5.75 Å². The summed E-state index contributed by atoms with van der Waals surface area (Å²) in [7, 11) is 1.77. The van der Waals surface area contributed by atoms with E-state index in [1.54, 1.807) is 18.4 Å². The third-order valence-corrected chi connectivity index (χ3v) is 4.07. The summed E-state index contributed by atoms with van der Waals surface area (Å²) in [6.45, 7) is 6.18. The minimum atomic E-state index is 0. The number of rotatable bonds is 7. The largest absolute Gasteiger partial charge is 0.492 e. The van der Waals surface area contributed by atoms with Gasteiger partial charge >= 0.3 is 0 Å². The van der Waals surface area contributed by atoms with Crippen LogP contribution in [0.15, 0.2) is 34.6 Å². The van der Waals surface area contributed by atoms with Crippen LogP contribution in [0.1, 0.15) is 16.3 Å². The van der Waals surface area contributed by atoms with E-state index in [0.29, 0.717) is 13.2 Å². The SMILES string of the molecule is CN=C(NCCOc1ccc(C)cc1)NCCc1csc(C)n1.I. The van der Waals surface area contributed by atoms with Gasteiger partial charge in [-0.3, -0.25) is 4.99 Å². The fourth-order valence-electron chi connectivity index (χ4n) is 2.03. The first-order valence-corrected chi connectivity index (χ1v) is 8.60. The highest BCUT2D eigenvalue weighted by Crippen LogP contribution is 2.10. The van der Waals surface area contributed by atoms with Crippen molar-refractivity contribution in [3.8, 4) is 5.75 Å². The molecule has 1 aromatic heterocycles. The molecule has 2 rings (SSSR count). The number of benzene rings is 1. The number of nitrogens with one attached hydrogen (secondary N) is 2. The molecule has 1 heterocycles. The van der Waals surface area contributed by atoms with Crippen LogP contribution in [0.4, 0.5) is 0 Å². The highest BCUT2D eigenvalue weighted by molar-refractivity contribution is 14.0. The van der Waals surface area contributed by atoms with Crippen LogP contribution < -0.4 is 15.4 Å². The molecule has 5 nitrogen and oxygen atoms in total. The Kier molecular flexibility index (Phi) is 9.70. The molecule has 132 valence electrons. The fraction of sp³-hybridized carbons (Fsp3) is 0.412. The first-order valence-electron chi connectivity index (χ1n) is 7.72. The van der Waals surface area contributed by atoms with Crippen LogP contribution >= 0.6 is 35.3 Å². The zero-order valence-corrected chi connectivity index (χ0v) is 17.5. The van der Waals surface area contributed by atoms with Crippen molar-refractivity contribution in [3.63, 3.8) is 0 Å². The monoisotopic (exact) mass is 460 g/mol. The van der Waals surface area contributed by atoms with Crippen molar-refractivity contribution in [1.29, 1.82) is 0 Å². The van der Waals surface area contributed by atoms with E-state index in [1.165, 1.54) is 5.56 Å². The van der Waals surface area contributed by atoms with Crippen LogP contribution in [0.2, 0.25) is 0 Å². The lowest BCUT2D eigenvalue weighted by Crippen LogP contribution is -2.40. The Morgan fingerprint density at radius 3 is 2.50 bits per heavy atom. The van der Waals surface area contributed by atoms with E-state index in [2.05, 4.69) is 32.9 Å². The molecule has 0 saturated heterocycles. The van der Waals surface area contributed by atoms with Crippen LogP contribution in [0, 0.1) is 13.8 Å². The smallest absolute Gasteiger partial charge is 0.191 e. The molecule has 0 unspecified atom stereocenters. The number of halogens is 1. The summed E-state index contributed by atoms with van der Waals surface area (Å²) in [5, 5.41) is 9.73. The van der Waals surface area contributed by atoms with E-state index in [9.17, 15) is 0 Å². The van der Waals surface area contributed by atoms with Gasteiger partial charge in [0.25, 0.3) is 0 Å². The van der Waals surface area contributed by atoms with Gasteiger partial charge in [0, 0.05) is 25.4 Å². The molecular formula is C17H25IN4OS. The van der Waals surface area contributed by atoms with Crippen molar-refractivity contribution in [1.82, 2.24) is 15.6 Å². The molecule has 0 aliphatic carbocycles. The van der Waals surface area contributed by atoms with Gasteiger partial charge in [-0.2, -0.15) is 0 Å². The van der Waals surface area contributed by atoms with Crippen LogP contribution in [0.3, 0.4) is 0 Å². The Morgan fingerprint density at radius 1 is 1.17 bits per heavy atom. The Morgan fingerprint density at radius 2 is 1.88 bits per heavy atom. The van der Waals surface area contributed by atoms with Gasteiger partial charge in [-0.1, -0.05) is 17.7 Å². The van der Waals surface area contributed by atoms with Crippen molar-refractivity contribution < 1.29 is 4.74 Å². The van der Waals surface area contributed by atoms with Gasteiger partial charge in [0.1, 0.15) is 12.4 Å². The van der Waals surface area contributed by atoms with Gasteiger partial charge in [0.15, 0.2) is 5.96 Å². The number of aromatic nitrogens is 1. The molecule has 7 heteroatoms. The molecule has 0 amide bonds. The normalized spacial score (nSPS) is 10.9. The Labute approximate surface area is 165 Å². The standard InChI is InChI=1S/C17H24N4OS.HI/c1-13-4-6-16(7-5-13)22-11-10-20-17(18-3)19-9-8-15-12-23-14(2)21-15;/h4-7,12H,8-11H2,1-3H3,(H2,18,19,20);1H. The Hall–Kier alpha value is -1.35. The summed E-state index contributed by atoms with van der Waals surface area (Å²) in [4.78, 5) is 8.65. The molecule has 1 aromatic carbocycles. The predicted molar refractivity (Wildman–Crippen MR) is 112 cm³/mol. The maximum atomic E-state index is 5.68. The zero-order valence-electron chi connectivity index (χ0n) is 14.3. The van der Waals surface area contributed by atoms with Crippen molar-refractivity contribution in [3.05, 3.63) is 45.9 Å². The van der Waals surface area contributed by atoms with Crippen LogP contribution in [-0.2, 0) is 6.42 Å². The number of hydrogen-bond acceptors (Lipinski definition) is 4. The van der Waals surface area contributed by atoms with E-state index >= 15 is 0 Å². The molecule has 0 saturated carbocycles. The van der Waals surface area contributed by atoms with E-state index < -0.39 is 0 Å². The van der Waals surface area contributed by atoms with Crippen molar-refractivity contribution in [2.75, 3.05) is 26.7 Å². The molecule has 0 aliphatic rings. The third-order valence-electron chi connectivity index (χ3n) is 3.25. The number of aliphatic imine (C=N–C) groups is 1. The summed E-state index contributed by atoms with van der Waals surface area (Å²) < 4.78 is 5.68. The molecule has 0 aliphatic heterocycles. The van der Waals surface area contributed by atoms with Crippen molar-refractivity contribution in [2.24, 2.45) is 4.99 Å². The first kappa shape index (κ1) is 20.7. The topological polar surface area (TPSA) is 58.5 Å². The molecule has 0 radical (unpaired) electrons. The summed E-state index contributed by atoms with van der Waals surface area (Å²) >= 11 is 1.68. The second kappa shape index (κ2) is 11.2. The Balaban J connectivity index is 0.00000288. The van der Waals surface area contributed by atoms with E-state index in [4.69, 9.17) is 4.74 Å². The quantitative estimate of drug-likeness (QED) is 0.289. The fourth-order valence-corrected chi connectivity index (χ4v) is 2.67. The average Bonchev–Trinajstić information content (AvgIpc) is 2.97. The summed E-state index contributed by atoms with van der Waals surface area (Å²) in [6, 6.07) is 8.06. The van der Waals surface area contributed by atoms with E-state index in [0.717, 1.165) is 35.4 Å². The average molecular weight is 460 g/mol. The highest BCUT2D eigenvalue weighted by Gasteiger charge is 2.00. The number of nitrogens with zero attached hydrogens (tertiary/aromatic N) is 2. The van der Waals surface area contributed by atoms with Crippen LogP contribution in [0.25, 0.3) is 0 Å². The van der Waals surface area contributed by atoms with E-state index in [-0.39, 0.29) is 24.0 Å². The minimum absolute atomic E-state index is 0. The van der Waals surface area contributed by atoms with Gasteiger partial charge in [0.05, 0.1) is 17.2 Å². The minimum Gasteiger partial charge on any atom is -0.492 e. The highest BCUT2D eigenvalue weighted by atomic mass is 127. The molecular weight excluding hydrogens is 435 g/mol. The lowest BCUT2D eigenvalue weighted by atomic mass is 10.2. The number of hydrogen-bond donors (Lipinski definition) is 2. The van der Waals surface area contributed by atoms with Gasteiger partial charge in [-0.25, -0.2) is 4.98 Å². The zero-order chi connectivity index (χ0) is 16.5. The molecule has 0 atom stereocenters. The second-order valence-corrected chi connectivity index (χ2v) is 6.26. The molecule has 24 heavy (non-hydrogen) atoms. The lowest BCUT2D eigenvalue weighted by Gasteiger charge is -2.12. The number of aryl methyl sites for hydroxylation is 2. The predicted octanol–water partition coefficient (Wildman–Crippen LogP) is 3.16. The van der Waals surface area contributed by atoms with Gasteiger partial charge < -0.3 is 15.4 Å². The molecule has 2 N–H and O–H groups in total. The molecule has 0 spiro atoms. The Bertz CT molecular complexity index is 628. The summed E-state index contributed by atoms with van der Waals surface area (Å²) in [5.74, 6) is 1.67. The lowest BCUT2D eigenvalue weighted by molar-refractivity contribution is 0.322. The summed E-state index contributed by atoms with van der Waals surface area (Å²) in [5.41, 5.74) is 2.36. The van der Waals surface area contributed by atoms with E-state index in [1.807, 2.05) is 31.2 Å². The molecule has 0 fully saturated rings. The first-order chi connectivity index (χ1) is 11.2. The van der Waals surface area contributed by atoms with Crippen LogP contribution in [-0.4, -0.2) is 37.7 Å². The molecule has 2 aromatic rings. The van der Waals surface area contributed by atoms with Gasteiger partial charge in [-0.15, -0.1) is 35.3 Å². The number of ether oxygens (including phenoxy) is 1. The maximum Gasteiger partial charge on any atom is 0.191 e. The molecule has 0 bridgehead atoms. The number of guanidine groups is 1. The van der Waals surface area contributed by atoms with Crippen molar-refractivity contribution in [2.45, 2.75) is 20.3 Å². The number of thiazole rings is 1. The maximum absolute atomic E-state index is 5.68. The third kappa shape index (κ3) is 7.48. The van der Waals surface area contributed by atoms with Gasteiger partial charge in [-0.05, 0) is 26.0 Å².